The van der Waals surface area contributed by atoms with Gasteiger partial charge >= 0.3 is 0 Å². The first kappa shape index (κ1) is 23.8. The van der Waals surface area contributed by atoms with Crippen molar-refractivity contribution in [2.45, 2.75) is 79.3 Å². The van der Waals surface area contributed by atoms with Crippen molar-refractivity contribution in [3.63, 3.8) is 0 Å². The van der Waals surface area contributed by atoms with Crippen LogP contribution in [0, 0.1) is 0 Å². The Morgan fingerprint density at radius 2 is 0.958 bits per heavy atom. The molecule has 0 N–H and O–H groups in total. The quantitative estimate of drug-likeness (QED) is 0.643. The van der Waals surface area contributed by atoms with Gasteiger partial charge in [0.2, 0.25) is 20.0 Å². The number of hydrogen-bond donors (Lipinski definition) is 0. The van der Waals surface area contributed by atoms with E-state index in [1.54, 1.807) is 8.61 Å². The van der Waals surface area contributed by atoms with Gasteiger partial charge in [0, 0.05) is 24.2 Å². The van der Waals surface area contributed by atoms with Crippen molar-refractivity contribution in [2.24, 2.45) is 0 Å². The smallest absolute Gasteiger partial charge is 0.212 e. The summed E-state index contributed by atoms with van der Waals surface area (Å²) < 4.78 is 49.0. The van der Waals surface area contributed by atoms with Crippen LogP contribution < -0.4 is 0 Å². The molecule has 0 aromatic heterocycles. The minimum atomic E-state index is -2.95. The van der Waals surface area contributed by atoms with Crippen LogP contribution >= 0.6 is 0 Å². The van der Waals surface area contributed by atoms with Crippen LogP contribution in [-0.2, 0) is 20.0 Å². The summed E-state index contributed by atoms with van der Waals surface area (Å²) in [4.78, 5) is 0. The number of rotatable bonds is 0. The van der Waals surface area contributed by atoms with Crippen molar-refractivity contribution in [3.8, 4) is 0 Å². The molecule has 2 fully saturated rings. The van der Waals surface area contributed by atoms with Crippen LogP contribution in [-0.4, -0.2) is 61.1 Å². The van der Waals surface area contributed by atoms with Crippen LogP contribution in [0.4, 0.5) is 0 Å². The predicted molar refractivity (Wildman–Crippen MR) is 101 cm³/mol. The van der Waals surface area contributed by atoms with E-state index in [4.69, 9.17) is 0 Å². The van der Waals surface area contributed by atoms with Gasteiger partial charge in [-0.15, -0.1) is 0 Å². The number of sulfonamides is 2. The van der Waals surface area contributed by atoms with E-state index in [9.17, 15) is 16.8 Å². The van der Waals surface area contributed by atoms with E-state index < -0.39 is 20.0 Å². The van der Waals surface area contributed by atoms with Crippen molar-refractivity contribution in [1.29, 1.82) is 0 Å². The fourth-order valence-electron chi connectivity index (χ4n) is 2.93. The second-order valence-electron chi connectivity index (χ2n) is 8.18. The average Bonchev–Trinajstić information content (AvgIpc) is 2.67. The third-order valence-electron chi connectivity index (χ3n) is 3.94. The van der Waals surface area contributed by atoms with Crippen molar-refractivity contribution in [2.75, 3.05) is 24.6 Å². The summed E-state index contributed by atoms with van der Waals surface area (Å²) >= 11 is 0. The molecule has 0 aromatic rings. The summed E-state index contributed by atoms with van der Waals surface area (Å²) in [5.74, 6) is 0.647. The lowest BCUT2D eigenvalue weighted by Gasteiger charge is -2.37. The lowest BCUT2D eigenvalue weighted by Crippen LogP contribution is -2.49. The topological polar surface area (TPSA) is 74.8 Å². The molecule has 2 aliphatic rings. The minimum absolute atomic E-state index is 0. The maximum Gasteiger partial charge on any atom is 0.214 e. The molecule has 0 bridgehead atoms. The van der Waals surface area contributed by atoms with E-state index in [-0.39, 0.29) is 18.5 Å². The van der Waals surface area contributed by atoms with Crippen LogP contribution in [0.1, 0.15) is 68.2 Å². The largest absolute Gasteiger partial charge is 0.214 e. The van der Waals surface area contributed by atoms with Gasteiger partial charge in [-0.05, 0) is 60.8 Å². The molecule has 0 radical (unpaired) electrons. The van der Waals surface area contributed by atoms with E-state index >= 15 is 0 Å². The van der Waals surface area contributed by atoms with Gasteiger partial charge in [-0.1, -0.05) is 7.43 Å². The molecular weight excluding hydrogens is 348 g/mol. The maximum absolute atomic E-state index is 11.6. The third-order valence-corrected chi connectivity index (χ3v) is 8.36. The molecular formula is C16H36N2O4S2. The monoisotopic (exact) mass is 384 g/mol. The summed E-state index contributed by atoms with van der Waals surface area (Å²) in [7, 11) is -5.86. The Hall–Kier alpha value is -0.180. The maximum atomic E-state index is 11.6. The lowest BCUT2D eigenvalue weighted by molar-refractivity contribution is 0.237. The SMILES string of the molecule is C.CC(C)(C)N1CCCCS1(=O)=O.CC(C)(C)N1CCCS1(=O)=O. The van der Waals surface area contributed by atoms with Crippen molar-refractivity contribution in [1.82, 2.24) is 8.61 Å². The average molecular weight is 385 g/mol. The molecule has 0 aliphatic carbocycles. The van der Waals surface area contributed by atoms with Gasteiger partial charge in [-0.3, -0.25) is 0 Å². The first-order valence-corrected chi connectivity index (χ1v) is 11.4. The summed E-state index contributed by atoms with van der Waals surface area (Å²) in [6, 6.07) is 0. The van der Waals surface area contributed by atoms with Gasteiger partial charge in [-0.2, -0.15) is 8.61 Å². The Morgan fingerprint density at radius 1 is 0.625 bits per heavy atom. The fraction of sp³-hybridized carbons (Fsp3) is 1.00. The highest BCUT2D eigenvalue weighted by atomic mass is 32.2. The van der Waals surface area contributed by atoms with Crippen LogP contribution in [0.3, 0.4) is 0 Å². The molecule has 8 heteroatoms. The molecule has 0 saturated carbocycles. The summed E-state index contributed by atoms with van der Waals surface area (Å²) in [5.41, 5.74) is -0.491. The second kappa shape index (κ2) is 8.01. The molecule has 0 aromatic carbocycles. The first-order chi connectivity index (χ1) is 10.2. The van der Waals surface area contributed by atoms with Crippen molar-refractivity contribution < 1.29 is 16.8 Å². The van der Waals surface area contributed by atoms with Gasteiger partial charge < -0.3 is 0 Å². The Bertz CT molecular complexity index is 599. The van der Waals surface area contributed by atoms with E-state index in [0.717, 1.165) is 19.3 Å². The Balaban J connectivity index is 0.000000425. The highest BCUT2D eigenvalue weighted by Gasteiger charge is 2.36. The van der Waals surface area contributed by atoms with E-state index in [1.807, 2.05) is 41.5 Å². The predicted octanol–water partition coefficient (Wildman–Crippen LogP) is 2.67. The van der Waals surface area contributed by atoms with Crippen LogP contribution in [0.25, 0.3) is 0 Å². The van der Waals surface area contributed by atoms with E-state index in [2.05, 4.69) is 0 Å². The zero-order valence-electron chi connectivity index (χ0n) is 15.3. The van der Waals surface area contributed by atoms with E-state index in [0.29, 0.717) is 24.6 Å². The molecule has 2 rings (SSSR count). The summed E-state index contributed by atoms with van der Waals surface area (Å²) in [6.45, 7) is 13.0. The number of nitrogens with zero attached hydrogens (tertiary/aromatic N) is 2. The summed E-state index contributed by atoms with van der Waals surface area (Å²) in [6.07, 6.45) is 2.59. The third kappa shape index (κ3) is 6.28. The van der Waals surface area contributed by atoms with Crippen LogP contribution in [0.2, 0.25) is 0 Å². The highest BCUT2D eigenvalue weighted by Crippen LogP contribution is 2.24. The fourth-order valence-corrected chi connectivity index (χ4v) is 6.92. The standard InChI is InChI=1S/C8H17NO2S.C7H15NO2S.CH4/c1-8(2,3)9-6-4-5-7-12(9,10)11;1-7(2,3)8-5-4-6-11(8,9)10;/h4-7H2,1-3H3;4-6H2,1-3H3;1H4. The number of hydrogen-bond acceptors (Lipinski definition) is 4. The zero-order chi connectivity index (χ0) is 18.1. The highest BCUT2D eigenvalue weighted by molar-refractivity contribution is 7.89. The molecule has 2 aliphatic heterocycles. The molecule has 24 heavy (non-hydrogen) atoms. The summed E-state index contributed by atoms with van der Waals surface area (Å²) in [5, 5.41) is 0. The van der Waals surface area contributed by atoms with Crippen LogP contribution in [0.5, 0.6) is 0 Å². The molecule has 0 amide bonds. The minimum Gasteiger partial charge on any atom is -0.212 e. The van der Waals surface area contributed by atoms with Gasteiger partial charge in [0.05, 0.1) is 11.5 Å². The Kier molecular flexibility index (Phi) is 7.95. The first-order valence-electron chi connectivity index (χ1n) is 8.19. The van der Waals surface area contributed by atoms with Gasteiger partial charge in [-0.25, -0.2) is 16.8 Å². The molecule has 146 valence electrons. The van der Waals surface area contributed by atoms with E-state index in [1.165, 1.54) is 0 Å². The molecule has 2 saturated heterocycles. The Morgan fingerprint density at radius 3 is 1.17 bits per heavy atom. The second-order valence-corrected chi connectivity index (χ2v) is 12.2. The molecule has 0 spiro atoms. The van der Waals surface area contributed by atoms with Gasteiger partial charge in [0.25, 0.3) is 0 Å². The lowest BCUT2D eigenvalue weighted by atomic mass is 10.1. The Labute approximate surface area is 149 Å². The van der Waals surface area contributed by atoms with Crippen molar-refractivity contribution in [3.05, 3.63) is 0 Å². The molecule has 6 nitrogen and oxygen atoms in total. The van der Waals surface area contributed by atoms with Gasteiger partial charge in [0.1, 0.15) is 0 Å². The molecule has 0 atom stereocenters. The zero-order valence-corrected chi connectivity index (χ0v) is 16.9. The molecule has 2 heterocycles. The van der Waals surface area contributed by atoms with Gasteiger partial charge in [0.15, 0.2) is 0 Å². The molecule has 0 unspecified atom stereocenters. The van der Waals surface area contributed by atoms with Crippen molar-refractivity contribution >= 4 is 20.0 Å². The normalized spacial score (nSPS) is 24.6. The van der Waals surface area contributed by atoms with Crippen LogP contribution in [0.15, 0.2) is 0 Å².